The van der Waals surface area contributed by atoms with Gasteiger partial charge in [0.15, 0.2) is 5.82 Å². The number of ketones is 1. The normalized spacial score (nSPS) is 17.9. The van der Waals surface area contributed by atoms with Gasteiger partial charge in [-0.15, -0.1) is 0 Å². The summed E-state index contributed by atoms with van der Waals surface area (Å²) >= 11 is 0. The number of aromatic nitrogens is 1. The van der Waals surface area contributed by atoms with Crippen molar-refractivity contribution in [3.63, 3.8) is 0 Å². The summed E-state index contributed by atoms with van der Waals surface area (Å²) in [6.45, 7) is 5.49. The molecule has 158 valence electrons. The van der Waals surface area contributed by atoms with E-state index in [9.17, 15) is 14.7 Å². The highest BCUT2D eigenvalue weighted by Gasteiger charge is 2.48. The highest BCUT2D eigenvalue weighted by Crippen LogP contribution is 2.42. The van der Waals surface area contributed by atoms with Gasteiger partial charge in [0.25, 0.3) is 5.78 Å². The zero-order valence-electron chi connectivity index (χ0n) is 17.7. The van der Waals surface area contributed by atoms with E-state index >= 15 is 0 Å². The molecule has 0 spiro atoms. The van der Waals surface area contributed by atoms with Crippen molar-refractivity contribution in [1.29, 1.82) is 0 Å². The maximum absolute atomic E-state index is 13.1. The first kappa shape index (κ1) is 20.4. The number of nitrogens with zero attached hydrogens (tertiary/aromatic N) is 2. The molecule has 2 aromatic carbocycles. The summed E-state index contributed by atoms with van der Waals surface area (Å²) in [4.78, 5) is 27.4. The summed E-state index contributed by atoms with van der Waals surface area (Å²) in [5.41, 5.74) is 2.92. The minimum atomic E-state index is -0.840. The Kier molecular flexibility index (Phi) is 5.10. The number of ether oxygens (including phenoxy) is 1. The molecule has 0 radical (unpaired) electrons. The number of Topliss-reactive ketones (excluding diaryl/α,β-unsaturated/α-hetero) is 1. The monoisotopic (exact) mass is 418 g/mol. The Bertz CT molecular complexity index is 1210. The van der Waals surface area contributed by atoms with E-state index in [1.807, 2.05) is 38.1 Å². The van der Waals surface area contributed by atoms with Crippen LogP contribution in [0.25, 0.3) is 5.76 Å². The second-order valence-corrected chi connectivity index (χ2v) is 7.56. The third kappa shape index (κ3) is 3.48. The third-order valence-corrected chi connectivity index (χ3v) is 5.37. The number of aryl methyl sites for hydroxylation is 3. The maximum Gasteiger partial charge on any atom is 0.301 e. The Morgan fingerprint density at radius 1 is 1.06 bits per heavy atom. The van der Waals surface area contributed by atoms with Crippen LogP contribution in [0.15, 0.2) is 58.6 Å². The molecule has 31 heavy (non-hydrogen) atoms. The number of hydrogen-bond acceptors (Lipinski definition) is 6. The number of amides is 1. The van der Waals surface area contributed by atoms with Crippen molar-refractivity contribution in [1.82, 2.24) is 5.16 Å². The van der Waals surface area contributed by atoms with Gasteiger partial charge in [-0.25, -0.2) is 0 Å². The van der Waals surface area contributed by atoms with Crippen LogP contribution in [0.1, 0.15) is 34.1 Å². The number of hydrogen-bond donors (Lipinski definition) is 1. The maximum atomic E-state index is 13.1. The lowest BCUT2D eigenvalue weighted by molar-refractivity contribution is -0.132. The third-order valence-electron chi connectivity index (χ3n) is 5.37. The molecule has 1 atom stereocenters. The Morgan fingerprint density at radius 3 is 2.35 bits per heavy atom. The number of aliphatic hydroxyl groups excluding tert-OH is 1. The molecule has 1 saturated heterocycles. The zero-order chi connectivity index (χ0) is 22.3. The van der Waals surface area contributed by atoms with Gasteiger partial charge in [0.2, 0.25) is 0 Å². The topological polar surface area (TPSA) is 92.9 Å². The average molecular weight is 418 g/mol. The standard InChI is InChI=1S/C24H22N2O5/c1-13-5-7-16(8-6-13)21-20(22(27)17-9-10-18(30-4)14(2)11-17)23(28)24(29)26(21)19-12-15(3)31-25-19/h5-12,21,27H,1-4H3/b22-20+. The van der Waals surface area contributed by atoms with Gasteiger partial charge >= 0.3 is 5.91 Å². The van der Waals surface area contributed by atoms with Crippen molar-refractivity contribution in [2.75, 3.05) is 12.0 Å². The fraction of sp³-hybridized carbons (Fsp3) is 0.208. The summed E-state index contributed by atoms with van der Waals surface area (Å²) in [5.74, 6) is -0.425. The minimum Gasteiger partial charge on any atom is -0.507 e. The van der Waals surface area contributed by atoms with E-state index in [1.54, 1.807) is 38.3 Å². The van der Waals surface area contributed by atoms with Crippen LogP contribution in [0.3, 0.4) is 0 Å². The smallest absolute Gasteiger partial charge is 0.301 e. The first-order valence-corrected chi connectivity index (χ1v) is 9.77. The van der Waals surface area contributed by atoms with Gasteiger partial charge in [-0.2, -0.15) is 0 Å². The highest BCUT2D eigenvalue weighted by molar-refractivity contribution is 6.51. The number of benzene rings is 2. The molecule has 0 aliphatic carbocycles. The lowest BCUT2D eigenvalue weighted by Crippen LogP contribution is -2.29. The largest absolute Gasteiger partial charge is 0.507 e. The van der Waals surface area contributed by atoms with Crippen LogP contribution in [0.4, 0.5) is 5.82 Å². The highest BCUT2D eigenvalue weighted by atomic mass is 16.5. The second-order valence-electron chi connectivity index (χ2n) is 7.56. The molecule has 1 N–H and O–H groups in total. The number of carbonyl (C=O) groups is 2. The van der Waals surface area contributed by atoms with E-state index in [2.05, 4.69) is 5.16 Å². The SMILES string of the molecule is COc1ccc(/C(O)=C2\C(=O)C(=O)N(c3cc(C)on3)C2c2ccc(C)cc2)cc1C. The molecule has 1 aliphatic rings. The van der Waals surface area contributed by atoms with Crippen LogP contribution in [-0.4, -0.2) is 29.1 Å². The Hall–Kier alpha value is -3.87. The van der Waals surface area contributed by atoms with E-state index < -0.39 is 17.7 Å². The fourth-order valence-corrected chi connectivity index (χ4v) is 3.78. The van der Waals surface area contributed by atoms with Gasteiger partial charge in [-0.1, -0.05) is 35.0 Å². The molecule has 7 nitrogen and oxygen atoms in total. The molecule has 4 rings (SSSR count). The molecule has 1 amide bonds. The van der Waals surface area contributed by atoms with Gasteiger partial charge in [0.1, 0.15) is 17.3 Å². The van der Waals surface area contributed by atoms with Crippen molar-refractivity contribution in [3.05, 3.63) is 82.1 Å². The molecule has 0 saturated carbocycles. The zero-order valence-corrected chi connectivity index (χ0v) is 17.7. The molecular weight excluding hydrogens is 396 g/mol. The number of methoxy groups -OCH3 is 1. The van der Waals surface area contributed by atoms with Gasteiger partial charge < -0.3 is 14.4 Å². The Morgan fingerprint density at radius 2 is 1.77 bits per heavy atom. The first-order valence-electron chi connectivity index (χ1n) is 9.77. The molecule has 1 unspecified atom stereocenters. The summed E-state index contributed by atoms with van der Waals surface area (Å²) in [6.07, 6.45) is 0. The predicted molar refractivity (Wildman–Crippen MR) is 115 cm³/mol. The predicted octanol–water partition coefficient (Wildman–Crippen LogP) is 4.23. The Labute approximate surface area is 179 Å². The average Bonchev–Trinajstić information content (AvgIpc) is 3.29. The fourth-order valence-electron chi connectivity index (χ4n) is 3.78. The van der Waals surface area contributed by atoms with Gasteiger partial charge in [-0.3, -0.25) is 14.5 Å². The number of aliphatic hydroxyl groups is 1. The molecule has 2 heterocycles. The van der Waals surface area contributed by atoms with Crippen LogP contribution in [-0.2, 0) is 9.59 Å². The van der Waals surface area contributed by atoms with Crippen molar-refractivity contribution in [2.45, 2.75) is 26.8 Å². The van der Waals surface area contributed by atoms with Crippen molar-refractivity contribution in [3.8, 4) is 5.75 Å². The van der Waals surface area contributed by atoms with Crippen LogP contribution < -0.4 is 9.64 Å². The van der Waals surface area contributed by atoms with Crippen molar-refractivity contribution >= 4 is 23.3 Å². The van der Waals surface area contributed by atoms with E-state index in [-0.39, 0.29) is 17.2 Å². The molecule has 0 bridgehead atoms. The minimum absolute atomic E-state index is 0.000858. The van der Waals surface area contributed by atoms with Crippen LogP contribution in [0.2, 0.25) is 0 Å². The van der Waals surface area contributed by atoms with E-state index in [4.69, 9.17) is 9.26 Å². The summed E-state index contributed by atoms with van der Waals surface area (Å²) in [7, 11) is 1.56. The van der Waals surface area contributed by atoms with Gasteiger partial charge in [-0.05, 0) is 50.1 Å². The number of carbonyl (C=O) groups excluding carboxylic acids is 2. The molecule has 1 aliphatic heterocycles. The van der Waals surface area contributed by atoms with Gasteiger partial charge in [0.05, 0.1) is 18.7 Å². The van der Waals surface area contributed by atoms with Gasteiger partial charge in [0, 0.05) is 11.6 Å². The number of anilines is 1. The summed E-state index contributed by atoms with van der Waals surface area (Å²) < 4.78 is 10.4. The molecule has 1 fully saturated rings. The van der Waals surface area contributed by atoms with Crippen LogP contribution >= 0.6 is 0 Å². The summed E-state index contributed by atoms with van der Waals surface area (Å²) in [6, 6.07) is 13.3. The Balaban J connectivity index is 1.93. The van der Waals surface area contributed by atoms with Crippen LogP contribution in [0.5, 0.6) is 5.75 Å². The quantitative estimate of drug-likeness (QED) is 0.387. The number of rotatable bonds is 4. The van der Waals surface area contributed by atoms with E-state index in [0.29, 0.717) is 22.6 Å². The van der Waals surface area contributed by atoms with Crippen LogP contribution in [0, 0.1) is 20.8 Å². The second kappa shape index (κ2) is 7.75. The lowest BCUT2D eigenvalue weighted by Gasteiger charge is -2.23. The molecular formula is C24H22N2O5. The molecule has 7 heteroatoms. The first-order chi connectivity index (χ1) is 14.8. The van der Waals surface area contributed by atoms with Crippen molar-refractivity contribution < 1.29 is 24.0 Å². The van der Waals surface area contributed by atoms with Crippen molar-refractivity contribution in [2.24, 2.45) is 0 Å². The summed E-state index contributed by atoms with van der Waals surface area (Å²) in [5, 5.41) is 15.1. The van der Waals surface area contributed by atoms with E-state index in [0.717, 1.165) is 11.1 Å². The lowest BCUT2D eigenvalue weighted by atomic mass is 9.94. The molecule has 1 aromatic heterocycles. The van der Waals surface area contributed by atoms with E-state index in [1.165, 1.54) is 4.90 Å². The molecule has 3 aromatic rings.